The van der Waals surface area contributed by atoms with Gasteiger partial charge in [-0.1, -0.05) is 18.2 Å². The predicted octanol–water partition coefficient (Wildman–Crippen LogP) is 3.67. The molecule has 0 aliphatic heterocycles. The number of rotatable bonds is 6. The van der Waals surface area contributed by atoms with Crippen LogP contribution in [0.25, 0.3) is 0 Å². The largest absolute Gasteiger partial charge is 0.497 e. The summed E-state index contributed by atoms with van der Waals surface area (Å²) in [5.41, 5.74) is 2.55. The second-order valence-corrected chi connectivity index (χ2v) is 5.64. The third-order valence-electron chi connectivity index (χ3n) is 4.17. The highest BCUT2D eigenvalue weighted by Crippen LogP contribution is 2.30. The molecule has 0 saturated heterocycles. The zero-order valence-electron chi connectivity index (χ0n) is 14.3. The summed E-state index contributed by atoms with van der Waals surface area (Å²) in [7, 11) is 1.64. The Hall–Kier alpha value is -3.08. The Balaban J connectivity index is 2.04. The van der Waals surface area contributed by atoms with Crippen LogP contribution in [0.5, 0.6) is 5.75 Å². The Bertz CT molecular complexity index is 799. The normalized spacial score (nSPS) is 11.8. The van der Waals surface area contributed by atoms with E-state index in [1.54, 1.807) is 31.8 Å². The van der Waals surface area contributed by atoms with Gasteiger partial charge in [0.1, 0.15) is 11.4 Å². The van der Waals surface area contributed by atoms with Gasteiger partial charge in [0.2, 0.25) is 0 Å². The predicted molar refractivity (Wildman–Crippen MR) is 96.6 cm³/mol. The fourth-order valence-corrected chi connectivity index (χ4v) is 2.94. The van der Waals surface area contributed by atoms with Crippen LogP contribution < -0.4 is 4.74 Å². The number of pyridine rings is 1. The van der Waals surface area contributed by atoms with E-state index in [1.165, 1.54) is 0 Å². The van der Waals surface area contributed by atoms with Crippen molar-refractivity contribution in [2.75, 3.05) is 13.7 Å². The van der Waals surface area contributed by atoms with E-state index in [0.717, 1.165) is 16.9 Å². The zero-order valence-corrected chi connectivity index (χ0v) is 14.3. The van der Waals surface area contributed by atoms with Crippen LogP contribution in [0.4, 0.5) is 0 Å². The molecule has 3 rings (SSSR count). The van der Waals surface area contributed by atoms with Gasteiger partial charge in [-0.25, -0.2) is 0 Å². The van der Waals surface area contributed by atoms with Gasteiger partial charge in [-0.05, 0) is 48.4 Å². The number of nitrogens with zero attached hydrogens (tertiary/aromatic N) is 2. The van der Waals surface area contributed by atoms with E-state index >= 15 is 0 Å². The van der Waals surface area contributed by atoms with Crippen molar-refractivity contribution < 1.29 is 9.53 Å². The van der Waals surface area contributed by atoms with E-state index in [-0.39, 0.29) is 11.9 Å². The van der Waals surface area contributed by atoms with Gasteiger partial charge < -0.3 is 14.6 Å². The van der Waals surface area contributed by atoms with E-state index in [2.05, 4.69) is 9.97 Å². The van der Waals surface area contributed by atoms with Gasteiger partial charge in [-0.3, -0.25) is 9.78 Å². The number of amides is 1. The lowest BCUT2D eigenvalue weighted by Crippen LogP contribution is -2.35. The van der Waals surface area contributed by atoms with Crippen molar-refractivity contribution in [2.45, 2.75) is 13.0 Å². The van der Waals surface area contributed by atoms with Gasteiger partial charge in [0.25, 0.3) is 5.91 Å². The van der Waals surface area contributed by atoms with E-state index in [9.17, 15) is 4.79 Å². The number of H-pyrrole nitrogens is 1. The maximum absolute atomic E-state index is 13.0. The van der Waals surface area contributed by atoms with Crippen molar-refractivity contribution in [1.82, 2.24) is 14.9 Å². The standard InChI is InChI=1S/C20H21N3O2/c1-3-23(20(24)18-7-5-13-22-18)19(16-6-4-12-21-14-16)15-8-10-17(25-2)11-9-15/h4-14,19,22H,3H2,1-2H3/t19-/m1/s1. The topological polar surface area (TPSA) is 58.2 Å². The Labute approximate surface area is 147 Å². The molecule has 25 heavy (non-hydrogen) atoms. The average molecular weight is 335 g/mol. The number of aromatic amines is 1. The summed E-state index contributed by atoms with van der Waals surface area (Å²) >= 11 is 0. The smallest absolute Gasteiger partial charge is 0.271 e. The van der Waals surface area contributed by atoms with Gasteiger partial charge in [-0.2, -0.15) is 0 Å². The first kappa shape index (κ1) is 16.8. The van der Waals surface area contributed by atoms with Crippen LogP contribution in [0.1, 0.15) is 34.6 Å². The lowest BCUT2D eigenvalue weighted by atomic mass is 9.98. The number of nitrogens with one attached hydrogen (secondary N) is 1. The van der Waals surface area contributed by atoms with Crippen molar-refractivity contribution in [3.05, 3.63) is 83.9 Å². The number of carbonyl (C=O) groups excluding carboxylic acids is 1. The minimum Gasteiger partial charge on any atom is -0.497 e. The van der Waals surface area contributed by atoms with Gasteiger partial charge in [0, 0.05) is 25.1 Å². The first-order chi connectivity index (χ1) is 12.2. The summed E-state index contributed by atoms with van der Waals surface area (Å²) in [5, 5.41) is 0. The van der Waals surface area contributed by atoms with Crippen molar-refractivity contribution in [2.24, 2.45) is 0 Å². The van der Waals surface area contributed by atoms with Gasteiger partial charge in [0.05, 0.1) is 13.2 Å². The fraction of sp³-hybridized carbons (Fsp3) is 0.200. The molecule has 1 amide bonds. The average Bonchev–Trinajstić information content (AvgIpc) is 3.21. The van der Waals surface area contributed by atoms with E-state index < -0.39 is 0 Å². The molecule has 1 N–H and O–H groups in total. The minimum absolute atomic E-state index is 0.0443. The van der Waals surface area contributed by atoms with Gasteiger partial charge in [0.15, 0.2) is 0 Å². The van der Waals surface area contributed by atoms with Crippen molar-refractivity contribution in [3.63, 3.8) is 0 Å². The number of carbonyl (C=O) groups is 1. The lowest BCUT2D eigenvalue weighted by molar-refractivity contribution is 0.0711. The molecule has 0 aliphatic rings. The lowest BCUT2D eigenvalue weighted by Gasteiger charge is -2.31. The quantitative estimate of drug-likeness (QED) is 0.748. The molecule has 0 unspecified atom stereocenters. The summed E-state index contributed by atoms with van der Waals surface area (Å²) in [6.45, 7) is 2.55. The first-order valence-electron chi connectivity index (χ1n) is 8.22. The maximum Gasteiger partial charge on any atom is 0.271 e. The Morgan fingerprint density at radius 1 is 1.16 bits per heavy atom. The molecule has 0 saturated carbocycles. The molecule has 3 aromatic rings. The van der Waals surface area contributed by atoms with Crippen molar-refractivity contribution in [1.29, 1.82) is 0 Å². The Morgan fingerprint density at radius 2 is 1.96 bits per heavy atom. The van der Waals surface area contributed by atoms with Crippen LogP contribution in [0.15, 0.2) is 67.1 Å². The molecule has 1 atom stereocenters. The van der Waals surface area contributed by atoms with Crippen molar-refractivity contribution in [3.8, 4) is 5.75 Å². The van der Waals surface area contributed by atoms with Crippen LogP contribution >= 0.6 is 0 Å². The summed E-state index contributed by atoms with van der Waals surface area (Å²) in [6.07, 6.45) is 5.30. The summed E-state index contributed by atoms with van der Waals surface area (Å²) < 4.78 is 5.25. The highest BCUT2D eigenvalue weighted by atomic mass is 16.5. The number of hydrogen-bond donors (Lipinski definition) is 1. The number of ether oxygens (including phenoxy) is 1. The first-order valence-corrected chi connectivity index (χ1v) is 8.22. The van der Waals surface area contributed by atoms with Crippen molar-refractivity contribution >= 4 is 5.91 Å². The second kappa shape index (κ2) is 7.66. The Kier molecular flexibility index (Phi) is 5.14. The third kappa shape index (κ3) is 3.55. The summed E-state index contributed by atoms with van der Waals surface area (Å²) in [5.74, 6) is 0.740. The molecule has 0 radical (unpaired) electrons. The molecule has 0 bridgehead atoms. The van der Waals surface area contributed by atoms with E-state index in [0.29, 0.717) is 12.2 Å². The maximum atomic E-state index is 13.0. The van der Waals surface area contributed by atoms with Crippen LogP contribution in [0, 0.1) is 0 Å². The monoisotopic (exact) mass is 335 g/mol. The van der Waals surface area contributed by atoms with E-state index in [1.807, 2.05) is 54.3 Å². The molecule has 0 fully saturated rings. The molecule has 2 heterocycles. The number of hydrogen-bond acceptors (Lipinski definition) is 3. The van der Waals surface area contributed by atoms with Crippen LogP contribution in [-0.2, 0) is 0 Å². The minimum atomic E-state index is -0.222. The van der Waals surface area contributed by atoms with Crippen LogP contribution in [0.2, 0.25) is 0 Å². The number of methoxy groups -OCH3 is 1. The summed E-state index contributed by atoms with van der Waals surface area (Å²) in [6, 6.07) is 15.1. The number of benzene rings is 1. The molecular formula is C20H21N3O2. The highest BCUT2D eigenvalue weighted by molar-refractivity contribution is 5.93. The van der Waals surface area contributed by atoms with Gasteiger partial charge >= 0.3 is 0 Å². The Morgan fingerprint density at radius 3 is 2.52 bits per heavy atom. The molecule has 5 heteroatoms. The molecule has 5 nitrogen and oxygen atoms in total. The molecule has 2 aromatic heterocycles. The van der Waals surface area contributed by atoms with Gasteiger partial charge in [-0.15, -0.1) is 0 Å². The molecule has 1 aromatic carbocycles. The molecule has 0 aliphatic carbocycles. The fourth-order valence-electron chi connectivity index (χ4n) is 2.94. The summed E-state index contributed by atoms with van der Waals surface area (Å²) in [4.78, 5) is 22.1. The SMILES string of the molecule is CCN(C(=O)c1ccc[nH]1)[C@H](c1ccc(OC)cc1)c1cccnc1. The third-order valence-corrected chi connectivity index (χ3v) is 4.17. The van der Waals surface area contributed by atoms with E-state index in [4.69, 9.17) is 4.74 Å². The molecule has 0 spiro atoms. The highest BCUT2D eigenvalue weighted by Gasteiger charge is 2.27. The second-order valence-electron chi connectivity index (χ2n) is 5.64. The molecule has 128 valence electrons. The zero-order chi connectivity index (χ0) is 17.6. The van der Waals surface area contributed by atoms with Crippen LogP contribution in [0.3, 0.4) is 0 Å². The van der Waals surface area contributed by atoms with Crippen LogP contribution in [-0.4, -0.2) is 34.4 Å². The number of aromatic nitrogens is 2. The molecular weight excluding hydrogens is 314 g/mol.